The standard InChI is InChI=1S/C16H16BrF2NO3/c1-2-4-16(7-11(21)22)15-8(3-5-23-16)12-13(17)9(18)6-10(19)14(12)20-15/h6,20H,2-5,7H2,1H3,(H,21,22). The summed E-state index contributed by atoms with van der Waals surface area (Å²) in [5.41, 5.74) is 0.425. The predicted molar refractivity (Wildman–Crippen MR) is 84.4 cm³/mol. The number of aromatic nitrogens is 1. The molecule has 2 heterocycles. The molecule has 0 radical (unpaired) electrons. The van der Waals surface area contributed by atoms with Gasteiger partial charge in [-0.2, -0.15) is 0 Å². The van der Waals surface area contributed by atoms with Gasteiger partial charge in [0.2, 0.25) is 0 Å². The second kappa shape index (κ2) is 5.87. The van der Waals surface area contributed by atoms with Crippen molar-refractivity contribution in [1.29, 1.82) is 0 Å². The first kappa shape index (κ1) is 16.4. The summed E-state index contributed by atoms with van der Waals surface area (Å²) in [4.78, 5) is 14.3. The second-order valence-corrected chi connectivity index (χ2v) is 6.59. The number of halogens is 3. The van der Waals surface area contributed by atoms with E-state index < -0.39 is 23.2 Å². The van der Waals surface area contributed by atoms with Crippen LogP contribution in [0.25, 0.3) is 10.9 Å². The molecule has 0 spiro atoms. The highest BCUT2D eigenvalue weighted by atomic mass is 79.9. The van der Waals surface area contributed by atoms with Gasteiger partial charge in [-0.1, -0.05) is 13.3 Å². The minimum absolute atomic E-state index is 0.180. The van der Waals surface area contributed by atoms with Gasteiger partial charge in [-0.25, -0.2) is 8.78 Å². The van der Waals surface area contributed by atoms with Crippen molar-refractivity contribution in [2.75, 3.05) is 6.61 Å². The van der Waals surface area contributed by atoms with Crippen LogP contribution < -0.4 is 0 Å². The first-order valence-electron chi connectivity index (χ1n) is 7.44. The van der Waals surface area contributed by atoms with E-state index >= 15 is 0 Å². The Kier molecular flexibility index (Phi) is 4.18. The maximum absolute atomic E-state index is 14.2. The molecule has 2 aromatic rings. The number of carboxylic acid groups (broad SMARTS) is 1. The molecule has 2 N–H and O–H groups in total. The van der Waals surface area contributed by atoms with Crippen LogP contribution in [0.3, 0.4) is 0 Å². The van der Waals surface area contributed by atoms with E-state index in [1.54, 1.807) is 0 Å². The van der Waals surface area contributed by atoms with Crippen LogP contribution in [0.4, 0.5) is 8.78 Å². The molecule has 1 aromatic heterocycles. The van der Waals surface area contributed by atoms with Gasteiger partial charge < -0.3 is 14.8 Å². The SMILES string of the molecule is CCCC1(CC(=O)O)OCCc2c1[nH]c1c(F)cc(F)c(Br)c21. The van der Waals surface area contributed by atoms with Crippen LogP contribution in [-0.2, 0) is 21.6 Å². The number of hydrogen-bond acceptors (Lipinski definition) is 2. The summed E-state index contributed by atoms with van der Waals surface area (Å²) in [6, 6.07) is 0.813. The molecular weight excluding hydrogens is 372 g/mol. The molecule has 124 valence electrons. The lowest BCUT2D eigenvalue weighted by molar-refractivity contribution is -0.149. The van der Waals surface area contributed by atoms with Crippen molar-refractivity contribution in [2.45, 2.75) is 38.2 Å². The minimum atomic E-state index is -1.03. The number of carbonyl (C=O) groups is 1. The number of aliphatic carboxylic acids is 1. The smallest absolute Gasteiger partial charge is 0.306 e. The highest BCUT2D eigenvalue weighted by Gasteiger charge is 2.42. The summed E-state index contributed by atoms with van der Waals surface area (Å²) in [5.74, 6) is -2.37. The molecule has 3 rings (SSSR count). The average Bonchev–Trinajstić information content (AvgIpc) is 2.86. The largest absolute Gasteiger partial charge is 0.481 e. The maximum atomic E-state index is 14.2. The Morgan fingerprint density at radius 2 is 2.22 bits per heavy atom. The quantitative estimate of drug-likeness (QED) is 0.770. The van der Waals surface area contributed by atoms with Crippen LogP contribution in [0.15, 0.2) is 10.5 Å². The topological polar surface area (TPSA) is 62.3 Å². The van der Waals surface area contributed by atoms with Crippen LogP contribution in [-0.4, -0.2) is 22.7 Å². The molecule has 0 amide bonds. The van der Waals surface area contributed by atoms with E-state index in [0.29, 0.717) is 36.9 Å². The molecule has 1 aromatic carbocycles. The van der Waals surface area contributed by atoms with Crippen molar-refractivity contribution in [1.82, 2.24) is 4.98 Å². The van der Waals surface area contributed by atoms with Crippen molar-refractivity contribution >= 4 is 32.8 Å². The summed E-state index contributed by atoms with van der Waals surface area (Å²) in [6.45, 7) is 2.25. The minimum Gasteiger partial charge on any atom is -0.481 e. The van der Waals surface area contributed by atoms with E-state index in [2.05, 4.69) is 20.9 Å². The van der Waals surface area contributed by atoms with Crippen LogP contribution in [0, 0.1) is 11.6 Å². The lowest BCUT2D eigenvalue weighted by atomic mass is 9.85. The van der Waals surface area contributed by atoms with Gasteiger partial charge in [0.15, 0.2) is 0 Å². The number of fused-ring (bicyclic) bond motifs is 3. The zero-order chi connectivity index (χ0) is 16.8. The Hall–Kier alpha value is -1.47. The van der Waals surface area contributed by atoms with Crippen LogP contribution in [0.1, 0.15) is 37.4 Å². The van der Waals surface area contributed by atoms with Gasteiger partial charge in [-0.15, -0.1) is 0 Å². The summed E-state index contributed by atoms with van der Waals surface area (Å²) >= 11 is 3.18. The molecule has 1 aliphatic rings. The molecule has 0 saturated heterocycles. The van der Waals surface area contributed by atoms with Gasteiger partial charge in [0.25, 0.3) is 0 Å². The molecule has 4 nitrogen and oxygen atoms in total. The Morgan fingerprint density at radius 1 is 1.48 bits per heavy atom. The molecular formula is C16H16BrF2NO3. The molecule has 1 atom stereocenters. The van der Waals surface area contributed by atoms with E-state index in [1.807, 2.05) is 6.92 Å². The number of rotatable bonds is 4. The molecule has 1 unspecified atom stereocenters. The molecule has 0 fully saturated rings. The fraction of sp³-hybridized carbons (Fsp3) is 0.438. The Bertz CT molecular complexity index is 789. The Balaban J connectivity index is 2.30. The van der Waals surface area contributed by atoms with Gasteiger partial charge >= 0.3 is 5.97 Å². The highest BCUT2D eigenvalue weighted by molar-refractivity contribution is 9.10. The average molecular weight is 388 g/mol. The fourth-order valence-corrected chi connectivity index (χ4v) is 4.01. The number of ether oxygens (including phenoxy) is 1. The van der Waals surface area contributed by atoms with E-state index in [0.717, 1.165) is 11.6 Å². The van der Waals surface area contributed by atoms with Crippen molar-refractivity contribution < 1.29 is 23.4 Å². The fourth-order valence-electron chi connectivity index (χ4n) is 3.46. The maximum Gasteiger partial charge on any atom is 0.306 e. The lowest BCUT2D eigenvalue weighted by Gasteiger charge is -2.36. The van der Waals surface area contributed by atoms with Crippen molar-refractivity contribution in [3.63, 3.8) is 0 Å². The Morgan fingerprint density at radius 3 is 2.87 bits per heavy atom. The van der Waals surface area contributed by atoms with Crippen molar-refractivity contribution in [3.8, 4) is 0 Å². The zero-order valence-corrected chi connectivity index (χ0v) is 14.1. The van der Waals surface area contributed by atoms with Crippen LogP contribution in [0.2, 0.25) is 0 Å². The molecule has 23 heavy (non-hydrogen) atoms. The second-order valence-electron chi connectivity index (χ2n) is 5.80. The summed E-state index contributed by atoms with van der Waals surface area (Å²) in [7, 11) is 0. The zero-order valence-electron chi connectivity index (χ0n) is 12.5. The third kappa shape index (κ3) is 2.55. The number of hydrogen-bond donors (Lipinski definition) is 2. The van der Waals surface area contributed by atoms with Crippen LogP contribution >= 0.6 is 15.9 Å². The van der Waals surface area contributed by atoms with E-state index in [-0.39, 0.29) is 16.4 Å². The van der Waals surface area contributed by atoms with Gasteiger partial charge in [0.05, 0.1) is 28.7 Å². The van der Waals surface area contributed by atoms with Gasteiger partial charge in [0.1, 0.15) is 17.2 Å². The lowest BCUT2D eigenvalue weighted by Crippen LogP contribution is -2.37. The number of carboxylic acids is 1. The first-order valence-corrected chi connectivity index (χ1v) is 8.23. The van der Waals surface area contributed by atoms with E-state index in [4.69, 9.17) is 4.74 Å². The molecule has 0 bridgehead atoms. The van der Waals surface area contributed by atoms with E-state index in [1.165, 1.54) is 0 Å². The summed E-state index contributed by atoms with van der Waals surface area (Å²) < 4.78 is 34.1. The summed E-state index contributed by atoms with van der Waals surface area (Å²) in [5, 5.41) is 9.71. The van der Waals surface area contributed by atoms with Crippen molar-refractivity contribution in [2.24, 2.45) is 0 Å². The molecule has 0 aliphatic carbocycles. The van der Waals surface area contributed by atoms with Gasteiger partial charge in [0, 0.05) is 11.5 Å². The highest BCUT2D eigenvalue weighted by Crippen LogP contribution is 2.44. The van der Waals surface area contributed by atoms with Gasteiger partial charge in [-0.3, -0.25) is 4.79 Å². The number of aromatic amines is 1. The van der Waals surface area contributed by atoms with Crippen molar-refractivity contribution in [3.05, 3.63) is 33.4 Å². The monoisotopic (exact) mass is 387 g/mol. The third-order valence-corrected chi connectivity index (χ3v) is 5.08. The third-order valence-electron chi connectivity index (χ3n) is 4.30. The van der Waals surface area contributed by atoms with Gasteiger partial charge in [-0.05, 0) is 34.3 Å². The Labute approximate surface area is 140 Å². The molecule has 0 saturated carbocycles. The summed E-state index contributed by atoms with van der Waals surface area (Å²) in [6.07, 6.45) is 1.45. The number of H-pyrrole nitrogens is 1. The number of nitrogens with one attached hydrogen (secondary N) is 1. The first-order chi connectivity index (χ1) is 10.9. The normalized spacial score (nSPS) is 20.7. The number of benzene rings is 1. The molecule has 1 aliphatic heterocycles. The van der Waals surface area contributed by atoms with E-state index in [9.17, 15) is 18.7 Å². The van der Waals surface area contributed by atoms with Crippen LogP contribution in [0.5, 0.6) is 0 Å². The predicted octanol–water partition coefficient (Wildman–Crippen LogP) is 4.25. The molecule has 7 heteroatoms.